The number of nitrogens with zero attached hydrogens (tertiary/aromatic N) is 2. The minimum absolute atomic E-state index is 0.0131. The van der Waals surface area contributed by atoms with Crippen molar-refractivity contribution in [2.75, 3.05) is 24.5 Å². The van der Waals surface area contributed by atoms with Crippen LogP contribution in [0.3, 0.4) is 0 Å². The van der Waals surface area contributed by atoms with Gasteiger partial charge in [0, 0.05) is 13.1 Å². The predicted octanol–water partition coefficient (Wildman–Crippen LogP) is 5.39. The summed E-state index contributed by atoms with van der Waals surface area (Å²) in [5, 5.41) is 2.98. The van der Waals surface area contributed by atoms with Crippen LogP contribution in [0.25, 0.3) is 0 Å². The molecule has 214 valence electrons. The van der Waals surface area contributed by atoms with Gasteiger partial charge in [-0.05, 0) is 54.8 Å². The maximum atomic E-state index is 14.0. The molecular formula is C29H33Cl2N3O5S. The molecule has 8 nitrogen and oxygen atoms in total. The number of carbonyl (C=O) groups excluding carboxylic acids is 2. The Hall–Kier alpha value is -3.27. The summed E-state index contributed by atoms with van der Waals surface area (Å²) in [7, 11) is -2.70. The van der Waals surface area contributed by atoms with Gasteiger partial charge >= 0.3 is 0 Å². The molecule has 0 spiro atoms. The largest absolute Gasteiger partial charge is 0.497 e. The second kappa shape index (κ2) is 13.9. The van der Waals surface area contributed by atoms with Crippen LogP contribution in [0.2, 0.25) is 10.0 Å². The number of rotatable bonds is 12. The fourth-order valence-electron chi connectivity index (χ4n) is 3.88. The van der Waals surface area contributed by atoms with Gasteiger partial charge in [0.1, 0.15) is 18.3 Å². The number of ether oxygens (including phenoxy) is 1. The van der Waals surface area contributed by atoms with Gasteiger partial charge in [-0.1, -0.05) is 73.4 Å². The number of anilines is 1. The van der Waals surface area contributed by atoms with E-state index in [0.717, 1.165) is 9.87 Å². The van der Waals surface area contributed by atoms with Gasteiger partial charge in [-0.3, -0.25) is 13.9 Å². The summed E-state index contributed by atoms with van der Waals surface area (Å²) in [4.78, 5) is 28.3. The van der Waals surface area contributed by atoms with Crippen LogP contribution in [-0.4, -0.2) is 51.4 Å². The number of hydrogen-bond donors (Lipinski definition) is 1. The molecule has 3 aromatic rings. The van der Waals surface area contributed by atoms with Crippen LogP contribution in [-0.2, 0) is 26.2 Å². The number of hydrogen-bond acceptors (Lipinski definition) is 5. The van der Waals surface area contributed by atoms with E-state index in [0.29, 0.717) is 12.3 Å². The number of halogens is 2. The standard InChI is InChI=1S/C29H33Cl2N3O5S/c1-20(2)17-32-29(36)21(3)33(18-22-13-15-23(39-4)16-14-22)27(35)19-34(26-12-8-11-25(30)28(26)31)40(37,38)24-9-6-5-7-10-24/h5-16,20-21H,17-19H2,1-4H3,(H,32,36). The molecule has 0 bridgehead atoms. The number of nitrogens with one attached hydrogen (secondary N) is 1. The molecule has 0 aliphatic rings. The summed E-state index contributed by atoms with van der Waals surface area (Å²) in [6.45, 7) is 5.41. The van der Waals surface area contributed by atoms with Gasteiger partial charge in [-0.2, -0.15) is 0 Å². The molecule has 11 heteroatoms. The minimum atomic E-state index is -4.25. The molecule has 0 aromatic heterocycles. The lowest BCUT2D eigenvalue weighted by molar-refractivity contribution is -0.139. The highest BCUT2D eigenvalue weighted by Crippen LogP contribution is 2.35. The van der Waals surface area contributed by atoms with Crippen molar-refractivity contribution in [3.8, 4) is 5.75 Å². The van der Waals surface area contributed by atoms with Gasteiger partial charge in [0.25, 0.3) is 10.0 Å². The molecule has 0 radical (unpaired) electrons. The van der Waals surface area contributed by atoms with Gasteiger partial charge in [-0.25, -0.2) is 8.42 Å². The van der Waals surface area contributed by atoms with E-state index < -0.39 is 28.5 Å². The lowest BCUT2D eigenvalue weighted by atomic mass is 10.1. The molecule has 0 fully saturated rings. The Morgan fingerprint density at radius 1 is 0.925 bits per heavy atom. The van der Waals surface area contributed by atoms with Crippen LogP contribution in [0.4, 0.5) is 5.69 Å². The third-order valence-corrected chi connectivity index (χ3v) is 8.76. The summed E-state index contributed by atoms with van der Waals surface area (Å²) in [6, 6.07) is 18.5. The maximum absolute atomic E-state index is 14.0. The maximum Gasteiger partial charge on any atom is 0.264 e. The van der Waals surface area contributed by atoms with E-state index in [2.05, 4.69) is 5.32 Å². The summed E-state index contributed by atoms with van der Waals surface area (Å²) in [5.74, 6) is -0.106. The van der Waals surface area contributed by atoms with Crippen LogP contribution in [0.5, 0.6) is 5.75 Å². The van der Waals surface area contributed by atoms with Crippen LogP contribution >= 0.6 is 23.2 Å². The van der Waals surface area contributed by atoms with Crippen LogP contribution in [0, 0.1) is 5.92 Å². The SMILES string of the molecule is COc1ccc(CN(C(=O)CN(c2cccc(Cl)c2Cl)S(=O)(=O)c2ccccc2)C(C)C(=O)NCC(C)C)cc1. The van der Waals surface area contributed by atoms with Gasteiger partial charge < -0.3 is 15.0 Å². The lowest BCUT2D eigenvalue weighted by Gasteiger charge is -2.32. The fraction of sp³-hybridized carbons (Fsp3) is 0.310. The zero-order valence-corrected chi connectivity index (χ0v) is 25.1. The second-order valence-electron chi connectivity index (χ2n) is 9.58. The van der Waals surface area contributed by atoms with E-state index >= 15 is 0 Å². The summed E-state index contributed by atoms with van der Waals surface area (Å²) >= 11 is 12.7. The van der Waals surface area contributed by atoms with Crippen molar-refractivity contribution in [1.82, 2.24) is 10.2 Å². The van der Waals surface area contributed by atoms with Crippen molar-refractivity contribution in [3.63, 3.8) is 0 Å². The molecule has 2 amide bonds. The number of sulfonamides is 1. The first-order chi connectivity index (χ1) is 18.9. The Morgan fingerprint density at radius 2 is 1.57 bits per heavy atom. The second-order valence-corrected chi connectivity index (χ2v) is 12.2. The summed E-state index contributed by atoms with van der Waals surface area (Å²) in [6.07, 6.45) is 0. The Labute approximate surface area is 245 Å². The van der Waals surface area contributed by atoms with Crippen molar-refractivity contribution in [3.05, 3.63) is 88.4 Å². The van der Waals surface area contributed by atoms with Crippen molar-refractivity contribution in [2.24, 2.45) is 5.92 Å². The number of amides is 2. The van der Waals surface area contributed by atoms with Crippen molar-refractivity contribution in [1.29, 1.82) is 0 Å². The van der Waals surface area contributed by atoms with Gasteiger partial charge in [0.2, 0.25) is 11.8 Å². The van der Waals surface area contributed by atoms with Crippen molar-refractivity contribution < 1.29 is 22.7 Å². The fourth-order valence-corrected chi connectivity index (χ4v) is 5.78. The van der Waals surface area contributed by atoms with Crippen LogP contribution in [0.15, 0.2) is 77.7 Å². The number of carbonyl (C=O) groups is 2. The first-order valence-corrected chi connectivity index (χ1v) is 14.9. The highest BCUT2D eigenvalue weighted by molar-refractivity contribution is 7.92. The highest BCUT2D eigenvalue weighted by Gasteiger charge is 2.33. The topological polar surface area (TPSA) is 96.0 Å². The molecule has 3 aromatic carbocycles. The molecule has 0 saturated carbocycles. The normalized spacial score (nSPS) is 12.1. The van der Waals surface area contributed by atoms with Gasteiger partial charge in [0.05, 0.1) is 27.7 Å². The van der Waals surface area contributed by atoms with E-state index in [-0.39, 0.29) is 39.0 Å². The summed E-state index contributed by atoms with van der Waals surface area (Å²) in [5.41, 5.74) is 0.781. The predicted molar refractivity (Wildman–Crippen MR) is 158 cm³/mol. The zero-order chi connectivity index (χ0) is 29.4. The van der Waals surface area contributed by atoms with E-state index in [9.17, 15) is 18.0 Å². The van der Waals surface area contributed by atoms with Crippen LogP contribution in [0.1, 0.15) is 26.3 Å². The molecule has 3 rings (SSSR count). The molecule has 0 heterocycles. The lowest BCUT2D eigenvalue weighted by Crippen LogP contribution is -2.51. The Balaban J connectivity index is 2.03. The van der Waals surface area contributed by atoms with E-state index in [1.165, 1.54) is 29.2 Å². The van der Waals surface area contributed by atoms with Gasteiger partial charge in [0.15, 0.2) is 0 Å². The average Bonchev–Trinajstić information content (AvgIpc) is 2.95. The zero-order valence-electron chi connectivity index (χ0n) is 22.8. The third-order valence-electron chi connectivity index (χ3n) is 6.17. The average molecular weight is 607 g/mol. The quantitative estimate of drug-likeness (QED) is 0.299. The minimum Gasteiger partial charge on any atom is -0.497 e. The van der Waals surface area contributed by atoms with Gasteiger partial charge in [-0.15, -0.1) is 0 Å². The van der Waals surface area contributed by atoms with Crippen molar-refractivity contribution in [2.45, 2.75) is 38.3 Å². The summed E-state index contributed by atoms with van der Waals surface area (Å²) < 4.78 is 33.8. The molecule has 1 N–H and O–H groups in total. The third kappa shape index (κ3) is 7.68. The molecule has 40 heavy (non-hydrogen) atoms. The number of methoxy groups -OCH3 is 1. The van der Waals surface area contributed by atoms with E-state index in [1.54, 1.807) is 62.6 Å². The Bertz CT molecular complexity index is 1420. The Kier molecular flexibility index (Phi) is 10.8. The monoisotopic (exact) mass is 605 g/mol. The molecule has 1 unspecified atom stereocenters. The van der Waals surface area contributed by atoms with E-state index in [1.807, 2.05) is 13.8 Å². The first kappa shape index (κ1) is 31.3. The highest BCUT2D eigenvalue weighted by atomic mass is 35.5. The first-order valence-electron chi connectivity index (χ1n) is 12.7. The molecule has 0 aliphatic heterocycles. The van der Waals surface area contributed by atoms with Crippen LogP contribution < -0.4 is 14.4 Å². The van der Waals surface area contributed by atoms with Crippen molar-refractivity contribution >= 4 is 50.7 Å². The number of benzene rings is 3. The molecule has 0 saturated heterocycles. The molecule has 1 atom stereocenters. The smallest absolute Gasteiger partial charge is 0.264 e. The molecule has 0 aliphatic carbocycles. The Morgan fingerprint density at radius 3 is 2.17 bits per heavy atom. The van der Waals surface area contributed by atoms with E-state index in [4.69, 9.17) is 27.9 Å². The molecular weight excluding hydrogens is 573 g/mol.